The maximum atomic E-state index is 13.1. The van der Waals surface area contributed by atoms with Gasteiger partial charge >= 0.3 is 23.9 Å². The summed E-state index contributed by atoms with van der Waals surface area (Å²) in [7, 11) is 2.68. The van der Waals surface area contributed by atoms with Crippen molar-refractivity contribution in [1.82, 2.24) is 0 Å². The number of ether oxygens (including phenoxy) is 6. The number of carbonyl (C=O) groups is 4. The van der Waals surface area contributed by atoms with Crippen LogP contribution < -0.4 is 0 Å². The molecule has 2 aliphatic rings. The summed E-state index contributed by atoms with van der Waals surface area (Å²) in [5, 5.41) is 33.8. The normalized spacial score (nSPS) is 31.9. The average molecular weight is 581 g/mol. The van der Waals surface area contributed by atoms with Crippen LogP contribution in [0.4, 0.5) is 0 Å². The van der Waals surface area contributed by atoms with Gasteiger partial charge in [-0.2, -0.15) is 0 Å². The van der Waals surface area contributed by atoms with E-state index in [0.29, 0.717) is 12.0 Å². The van der Waals surface area contributed by atoms with Crippen LogP contribution in [0.3, 0.4) is 0 Å². The molecule has 0 unspecified atom stereocenters. The molecule has 226 valence electrons. The van der Waals surface area contributed by atoms with Crippen molar-refractivity contribution in [3.63, 3.8) is 0 Å². The van der Waals surface area contributed by atoms with Gasteiger partial charge in [-0.25, -0.2) is 14.4 Å². The van der Waals surface area contributed by atoms with Crippen LogP contribution in [0, 0.1) is 5.92 Å². The average Bonchev–Trinajstić information content (AvgIpc) is 3.16. The van der Waals surface area contributed by atoms with Gasteiger partial charge in [-0.05, 0) is 24.0 Å². The summed E-state index contributed by atoms with van der Waals surface area (Å²) >= 11 is 0. The first-order valence-electron chi connectivity index (χ1n) is 12.9. The number of aliphatic hydroxyl groups is 3. The number of hydrogen-bond donors (Lipinski definition) is 3. The van der Waals surface area contributed by atoms with Gasteiger partial charge in [0.25, 0.3) is 0 Å². The van der Waals surface area contributed by atoms with Crippen LogP contribution in [0.25, 0.3) is 0 Å². The van der Waals surface area contributed by atoms with E-state index in [1.165, 1.54) is 6.92 Å². The topological polar surface area (TPSA) is 184 Å². The molecule has 3 N–H and O–H groups in total. The highest BCUT2D eigenvalue weighted by Crippen LogP contribution is 2.55. The van der Waals surface area contributed by atoms with Crippen LogP contribution in [0.2, 0.25) is 0 Å². The van der Waals surface area contributed by atoms with Crippen LogP contribution >= 0.6 is 0 Å². The van der Waals surface area contributed by atoms with E-state index in [0.717, 1.165) is 26.9 Å². The summed E-state index contributed by atoms with van der Waals surface area (Å²) in [5.41, 5.74) is -5.03. The second-order valence-electron chi connectivity index (χ2n) is 10.2. The Hall–Kier alpha value is -3.36. The fraction of sp³-hybridized carbons (Fsp3) is 0.571. The van der Waals surface area contributed by atoms with E-state index >= 15 is 0 Å². The molecule has 0 radical (unpaired) electrons. The Kier molecular flexibility index (Phi) is 9.61. The van der Waals surface area contributed by atoms with Crippen molar-refractivity contribution >= 4 is 23.9 Å². The van der Waals surface area contributed by atoms with Gasteiger partial charge in [-0.3, -0.25) is 4.79 Å². The van der Waals surface area contributed by atoms with Crippen molar-refractivity contribution in [2.24, 2.45) is 5.92 Å². The minimum Gasteiger partial charge on any atom is -0.467 e. The van der Waals surface area contributed by atoms with Crippen molar-refractivity contribution in [2.75, 3.05) is 21.3 Å². The molecule has 2 aliphatic heterocycles. The van der Waals surface area contributed by atoms with Gasteiger partial charge in [0.2, 0.25) is 17.3 Å². The second-order valence-corrected chi connectivity index (χ2v) is 10.2. The Morgan fingerprint density at radius 1 is 1.00 bits per heavy atom. The van der Waals surface area contributed by atoms with E-state index in [1.54, 1.807) is 0 Å². The van der Waals surface area contributed by atoms with Gasteiger partial charge in [0.15, 0.2) is 5.79 Å². The molecule has 3 rings (SSSR count). The first-order chi connectivity index (χ1) is 19.2. The number of methoxy groups -OCH3 is 3. The molecule has 0 aliphatic carbocycles. The van der Waals surface area contributed by atoms with Crippen LogP contribution in [0.15, 0.2) is 42.5 Å². The summed E-state index contributed by atoms with van der Waals surface area (Å²) in [6, 6.07) is 9.47. The van der Waals surface area contributed by atoms with Crippen molar-refractivity contribution in [2.45, 2.75) is 74.5 Å². The lowest BCUT2D eigenvalue weighted by Gasteiger charge is -2.49. The van der Waals surface area contributed by atoms with Gasteiger partial charge in [-0.15, -0.1) is 0 Å². The fourth-order valence-corrected chi connectivity index (χ4v) is 5.55. The van der Waals surface area contributed by atoms with Gasteiger partial charge in [0.05, 0.1) is 21.3 Å². The smallest absolute Gasteiger partial charge is 0.345 e. The van der Waals surface area contributed by atoms with Crippen molar-refractivity contribution in [3.05, 3.63) is 48.0 Å². The maximum absolute atomic E-state index is 13.1. The molecule has 8 atom stereocenters. The molecule has 13 nitrogen and oxygen atoms in total. The molecule has 0 saturated carbocycles. The second kappa shape index (κ2) is 12.2. The predicted octanol–water partition coefficient (Wildman–Crippen LogP) is -0.0307. The molecule has 0 spiro atoms. The number of rotatable bonds is 11. The summed E-state index contributed by atoms with van der Waals surface area (Å²) in [6.07, 6.45) is -7.44. The first kappa shape index (κ1) is 32.2. The third kappa shape index (κ3) is 5.35. The summed E-state index contributed by atoms with van der Waals surface area (Å²) in [5.74, 6) is -7.56. The van der Waals surface area contributed by atoms with E-state index in [4.69, 9.17) is 23.7 Å². The van der Waals surface area contributed by atoms with Gasteiger partial charge < -0.3 is 43.7 Å². The Morgan fingerprint density at radius 2 is 1.61 bits per heavy atom. The minimum absolute atomic E-state index is 0.0807. The molecule has 2 fully saturated rings. The molecule has 0 aromatic heterocycles. The lowest BCUT2D eigenvalue weighted by molar-refractivity contribution is -0.374. The lowest BCUT2D eigenvalue weighted by Crippen LogP contribution is -2.78. The van der Waals surface area contributed by atoms with E-state index in [2.05, 4.69) is 11.3 Å². The van der Waals surface area contributed by atoms with E-state index in [9.17, 15) is 34.5 Å². The highest BCUT2D eigenvalue weighted by molar-refractivity contribution is 5.99. The molecular weight excluding hydrogens is 544 g/mol. The zero-order valence-corrected chi connectivity index (χ0v) is 23.5. The molecule has 2 heterocycles. The lowest BCUT2D eigenvalue weighted by atomic mass is 9.74. The first-order valence-corrected chi connectivity index (χ1v) is 12.9. The summed E-state index contributed by atoms with van der Waals surface area (Å²) < 4.78 is 31.1. The Morgan fingerprint density at radius 3 is 2.15 bits per heavy atom. The van der Waals surface area contributed by atoms with Crippen molar-refractivity contribution < 1.29 is 62.9 Å². The zero-order chi connectivity index (χ0) is 30.8. The quantitative estimate of drug-likeness (QED) is 0.180. The van der Waals surface area contributed by atoms with Crippen molar-refractivity contribution in [1.29, 1.82) is 0 Å². The van der Waals surface area contributed by atoms with Crippen LogP contribution in [0.1, 0.15) is 32.3 Å². The predicted molar refractivity (Wildman–Crippen MR) is 138 cm³/mol. The Bertz CT molecular complexity index is 1170. The zero-order valence-electron chi connectivity index (χ0n) is 23.5. The van der Waals surface area contributed by atoms with Crippen molar-refractivity contribution in [3.8, 4) is 0 Å². The standard InChI is InChI=1S/C28H36O13/c1-15(19(39-17(3)29)16(2)14-18-10-8-7-9-11-18)12-13-26-20(30)21(31)28(41-26,25(34)38-6)27(35,24(33)37-5)22(40-26)23(32)36-4/h7-11,16,19-22,30-31,35H,1,12-14H2,2-6H3/t16-,19-,20-,21-,22-,26-,27-,28-/m1/s1. The monoisotopic (exact) mass is 580 g/mol. The molecule has 13 heteroatoms. The third-order valence-corrected chi connectivity index (χ3v) is 7.57. The molecule has 0 amide bonds. The Labute approximate surface area is 236 Å². The van der Waals surface area contributed by atoms with Gasteiger partial charge in [-0.1, -0.05) is 43.8 Å². The van der Waals surface area contributed by atoms with Gasteiger partial charge in [0.1, 0.15) is 18.3 Å². The van der Waals surface area contributed by atoms with E-state index in [1.807, 2.05) is 37.3 Å². The number of aliphatic hydroxyl groups excluding tert-OH is 2. The Balaban J connectivity index is 1.99. The number of fused-ring (bicyclic) bond motifs is 2. The van der Waals surface area contributed by atoms with E-state index in [-0.39, 0.29) is 18.8 Å². The maximum Gasteiger partial charge on any atom is 0.345 e. The number of hydrogen-bond acceptors (Lipinski definition) is 13. The van der Waals surface area contributed by atoms with Crippen LogP contribution in [-0.4, -0.2) is 102 Å². The number of esters is 4. The van der Waals surface area contributed by atoms with E-state index < -0.39 is 65.3 Å². The summed E-state index contributed by atoms with van der Waals surface area (Å²) in [4.78, 5) is 50.7. The van der Waals surface area contributed by atoms with Gasteiger partial charge in [0, 0.05) is 19.3 Å². The molecule has 41 heavy (non-hydrogen) atoms. The summed E-state index contributed by atoms with van der Waals surface area (Å²) in [6.45, 7) is 7.16. The van der Waals surface area contributed by atoms with Crippen LogP contribution in [0.5, 0.6) is 0 Å². The largest absolute Gasteiger partial charge is 0.467 e. The minimum atomic E-state index is -3.33. The number of benzene rings is 1. The molecule has 1 aromatic carbocycles. The molecule has 1 aromatic rings. The SMILES string of the molecule is C=C(CC[C@@]12O[C@H](C(=O)OC)[C@@](O)(C(=O)OC)[C@@](C(=O)OC)(O1)[C@H](O)[C@H]2O)[C@@H](OC(C)=O)[C@H](C)Cc1ccccc1. The molecule has 2 bridgehead atoms. The van der Waals surface area contributed by atoms with Crippen LogP contribution in [-0.2, 0) is 54.0 Å². The third-order valence-electron chi connectivity index (χ3n) is 7.57. The molecular formula is C28H36O13. The fourth-order valence-electron chi connectivity index (χ4n) is 5.55. The number of carbonyl (C=O) groups excluding carboxylic acids is 4. The highest BCUT2D eigenvalue weighted by Gasteiger charge is 2.85. The molecule has 2 saturated heterocycles. The highest BCUT2D eigenvalue weighted by atomic mass is 16.8.